The Kier molecular flexibility index (Phi) is 7.79. The van der Waals surface area contributed by atoms with Crippen LogP contribution in [0.1, 0.15) is 36.1 Å². The molecule has 2 heterocycles. The Morgan fingerprint density at radius 1 is 1.19 bits per heavy atom. The van der Waals surface area contributed by atoms with Gasteiger partial charge in [-0.3, -0.25) is 9.59 Å². The summed E-state index contributed by atoms with van der Waals surface area (Å²) in [5, 5.41) is 7.02. The van der Waals surface area contributed by atoms with Gasteiger partial charge >= 0.3 is 11.8 Å². The van der Waals surface area contributed by atoms with Crippen molar-refractivity contribution in [2.45, 2.75) is 50.1 Å². The standard InChI is InChI=1S/C21H26FN3O4S2/c1-15-13-18(7-8-19(15)22)31(28,29)25-11-3-2-5-16(25)9-10-23-20(26)21(27)24-14-17-6-4-12-30-17/h4,6-8,12-13,16H,2-3,5,9-11,14H2,1H3,(H,23,26)(H,24,27). The minimum absolute atomic E-state index is 0.0651. The summed E-state index contributed by atoms with van der Waals surface area (Å²) in [5.41, 5.74) is 0.274. The molecule has 31 heavy (non-hydrogen) atoms. The lowest BCUT2D eigenvalue weighted by molar-refractivity contribution is -0.139. The molecular weight excluding hydrogens is 441 g/mol. The van der Waals surface area contributed by atoms with Gasteiger partial charge in [0.1, 0.15) is 5.82 Å². The van der Waals surface area contributed by atoms with Crippen molar-refractivity contribution in [2.24, 2.45) is 0 Å². The summed E-state index contributed by atoms with van der Waals surface area (Å²) in [4.78, 5) is 25.0. The van der Waals surface area contributed by atoms with Crippen molar-refractivity contribution in [2.75, 3.05) is 13.1 Å². The van der Waals surface area contributed by atoms with Crippen molar-refractivity contribution in [3.05, 3.63) is 52.0 Å². The fraction of sp³-hybridized carbons (Fsp3) is 0.429. The van der Waals surface area contributed by atoms with Crippen molar-refractivity contribution >= 4 is 33.2 Å². The van der Waals surface area contributed by atoms with Gasteiger partial charge in [-0.2, -0.15) is 4.31 Å². The third-order valence-corrected chi connectivity index (χ3v) is 8.11. The summed E-state index contributed by atoms with van der Waals surface area (Å²) >= 11 is 1.49. The maximum atomic E-state index is 13.6. The second-order valence-electron chi connectivity index (χ2n) is 7.48. The molecule has 0 aliphatic carbocycles. The van der Waals surface area contributed by atoms with Gasteiger partial charge in [-0.15, -0.1) is 11.3 Å². The summed E-state index contributed by atoms with van der Waals surface area (Å²) in [5.74, 6) is -1.91. The molecule has 7 nitrogen and oxygen atoms in total. The zero-order valence-electron chi connectivity index (χ0n) is 17.3. The van der Waals surface area contributed by atoms with Gasteiger partial charge in [0.2, 0.25) is 10.0 Å². The molecule has 1 aromatic heterocycles. The number of piperidine rings is 1. The van der Waals surface area contributed by atoms with Crippen LogP contribution >= 0.6 is 11.3 Å². The molecule has 2 amide bonds. The van der Waals surface area contributed by atoms with E-state index in [0.29, 0.717) is 19.4 Å². The van der Waals surface area contributed by atoms with Gasteiger partial charge in [0.25, 0.3) is 0 Å². The van der Waals surface area contributed by atoms with Crippen LogP contribution in [0.3, 0.4) is 0 Å². The van der Waals surface area contributed by atoms with Crippen molar-refractivity contribution in [3.63, 3.8) is 0 Å². The lowest BCUT2D eigenvalue weighted by atomic mass is 10.0. The zero-order chi connectivity index (χ0) is 22.4. The van der Waals surface area contributed by atoms with Crippen LogP contribution in [0.25, 0.3) is 0 Å². The van der Waals surface area contributed by atoms with Crippen LogP contribution in [-0.2, 0) is 26.2 Å². The minimum atomic E-state index is -3.78. The van der Waals surface area contributed by atoms with Crippen molar-refractivity contribution < 1.29 is 22.4 Å². The predicted octanol–water partition coefficient (Wildman–Crippen LogP) is 2.56. The molecule has 10 heteroatoms. The van der Waals surface area contributed by atoms with Crippen molar-refractivity contribution in [3.8, 4) is 0 Å². The Bertz CT molecular complexity index is 1030. The number of nitrogens with one attached hydrogen (secondary N) is 2. The van der Waals surface area contributed by atoms with Crippen LogP contribution in [-0.4, -0.2) is 43.7 Å². The number of nitrogens with zero attached hydrogens (tertiary/aromatic N) is 1. The molecular formula is C21H26FN3O4S2. The minimum Gasteiger partial charge on any atom is -0.348 e. The Morgan fingerprint density at radius 2 is 1.97 bits per heavy atom. The highest BCUT2D eigenvalue weighted by Crippen LogP contribution is 2.27. The number of hydrogen-bond donors (Lipinski definition) is 2. The molecule has 0 saturated carbocycles. The van der Waals surface area contributed by atoms with Gasteiger partial charge in [0.15, 0.2) is 0 Å². The molecule has 1 aliphatic rings. The molecule has 0 bridgehead atoms. The van der Waals surface area contributed by atoms with E-state index in [0.717, 1.165) is 23.8 Å². The zero-order valence-corrected chi connectivity index (χ0v) is 18.9. The van der Waals surface area contributed by atoms with E-state index < -0.39 is 27.7 Å². The average molecular weight is 468 g/mol. The number of aryl methyl sites for hydroxylation is 1. The van der Waals surface area contributed by atoms with E-state index in [1.54, 1.807) is 0 Å². The smallest absolute Gasteiger partial charge is 0.309 e. The molecule has 1 unspecified atom stereocenters. The van der Waals surface area contributed by atoms with E-state index in [2.05, 4.69) is 10.6 Å². The summed E-state index contributed by atoms with van der Waals surface area (Å²) in [6, 6.07) is 7.22. The maximum Gasteiger partial charge on any atom is 0.309 e. The highest BCUT2D eigenvalue weighted by Gasteiger charge is 2.33. The van der Waals surface area contributed by atoms with Gasteiger partial charge in [0, 0.05) is 24.0 Å². The second kappa shape index (κ2) is 10.3. The van der Waals surface area contributed by atoms with Crippen LogP contribution in [0.5, 0.6) is 0 Å². The Hall–Kier alpha value is -2.30. The van der Waals surface area contributed by atoms with Crippen LogP contribution in [0.4, 0.5) is 4.39 Å². The summed E-state index contributed by atoms with van der Waals surface area (Å²) in [6.45, 7) is 2.37. The van der Waals surface area contributed by atoms with E-state index >= 15 is 0 Å². The molecule has 1 fully saturated rings. The quantitative estimate of drug-likeness (QED) is 0.612. The van der Waals surface area contributed by atoms with E-state index in [4.69, 9.17) is 0 Å². The van der Waals surface area contributed by atoms with Crippen LogP contribution in [0, 0.1) is 12.7 Å². The second-order valence-corrected chi connectivity index (χ2v) is 10.4. The lowest BCUT2D eigenvalue weighted by Crippen LogP contribution is -2.46. The number of rotatable bonds is 7. The number of hydrogen-bond acceptors (Lipinski definition) is 5. The largest absolute Gasteiger partial charge is 0.348 e. The molecule has 1 aliphatic heterocycles. The van der Waals surface area contributed by atoms with E-state index in [9.17, 15) is 22.4 Å². The third kappa shape index (κ3) is 5.90. The first-order valence-electron chi connectivity index (χ1n) is 10.2. The number of halogens is 1. The van der Waals surface area contributed by atoms with Crippen LogP contribution in [0.2, 0.25) is 0 Å². The Morgan fingerprint density at radius 3 is 2.68 bits per heavy atom. The van der Waals surface area contributed by atoms with Gasteiger partial charge in [-0.25, -0.2) is 12.8 Å². The molecule has 1 atom stereocenters. The molecule has 2 N–H and O–H groups in total. The van der Waals surface area contributed by atoms with Gasteiger partial charge in [-0.1, -0.05) is 12.5 Å². The maximum absolute atomic E-state index is 13.6. The lowest BCUT2D eigenvalue weighted by Gasteiger charge is -2.34. The number of carbonyl (C=O) groups excluding carboxylic acids is 2. The Balaban J connectivity index is 1.56. The topological polar surface area (TPSA) is 95.6 Å². The first-order valence-corrected chi connectivity index (χ1v) is 12.5. The van der Waals surface area contributed by atoms with Gasteiger partial charge < -0.3 is 10.6 Å². The first kappa shape index (κ1) is 23.4. The van der Waals surface area contributed by atoms with E-state index in [-0.39, 0.29) is 29.6 Å². The first-order chi connectivity index (χ1) is 14.8. The number of carbonyl (C=O) groups is 2. The van der Waals surface area contributed by atoms with Crippen LogP contribution in [0.15, 0.2) is 40.6 Å². The summed E-state index contributed by atoms with van der Waals surface area (Å²) < 4.78 is 41.2. The highest BCUT2D eigenvalue weighted by molar-refractivity contribution is 7.89. The highest BCUT2D eigenvalue weighted by atomic mass is 32.2. The summed E-state index contributed by atoms with van der Waals surface area (Å²) in [7, 11) is -3.78. The number of amides is 2. The number of benzene rings is 1. The van der Waals surface area contributed by atoms with Gasteiger partial charge in [-0.05, 0) is 61.4 Å². The molecule has 1 aromatic carbocycles. The molecule has 1 saturated heterocycles. The predicted molar refractivity (Wildman–Crippen MR) is 116 cm³/mol. The summed E-state index contributed by atoms with van der Waals surface area (Å²) in [6.07, 6.45) is 2.69. The fourth-order valence-corrected chi connectivity index (χ4v) is 6.04. The normalized spacial score (nSPS) is 17.3. The molecule has 0 spiro atoms. The number of thiophene rings is 1. The van der Waals surface area contributed by atoms with E-state index in [1.807, 2.05) is 17.5 Å². The van der Waals surface area contributed by atoms with Gasteiger partial charge in [0.05, 0.1) is 11.4 Å². The average Bonchev–Trinajstić information content (AvgIpc) is 3.27. The Labute approximate surface area is 185 Å². The fourth-order valence-electron chi connectivity index (χ4n) is 3.59. The molecule has 0 radical (unpaired) electrons. The number of sulfonamides is 1. The SMILES string of the molecule is Cc1cc(S(=O)(=O)N2CCCCC2CCNC(=O)C(=O)NCc2cccs2)ccc1F. The van der Waals surface area contributed by atoms with E-state index in [1.165, 1.54) is 34.7 Å². The third-order valence-electron chi connectivity index (χ3n) is 5.28. The van der Waals surface area contributed by atoms with Crippen LogP contribution < -0.4 is 10.6 Å². The molecule has 3 rings (SSSR count). The van der Waals surface area contributed by atoms with Crippen molar-refractivity contribution in [1.29, 1.82) is 0 Å². The monoisotopic (exact) mass is 467 g/mol. The molecule has 2 aromatic rings. The van der Waals surface area contributed by atoms with Crippen molar-refractivity contribution in [1.82, 2.24) is 14.9 Å². The molecule has 168 valence electrons.